The lowest BCUT2D eigenvalue weighted by atomic mass is 10.2. The predicted octanol–water partition coefficient (Wildman–Crippen LogP) is 3.68. The maximum atomic E-state index is 12.5. The molecule has 0 unspecified atom stereocenters. The third kappa shape index (κ3) is 6.54. The van der Waals surface area contributed by atoms with E-state index in [9.17, 15) is 9.59 Å². The predicted molar refractivity (Wildman–Crippen MR) is 122 cm³/mol. The minimum atomic E-state index is -0.440. The van der Waals surface area contributed by atoms with Gasteiger partial charge < -0.3 is 4.74 Å². The third-order valence-corrected chi connectivity index (χ3v) is 4.88. The van der Waals surface area contributed by atoms with Crippen LogP contribution in [0.25, 0.3) is 6.08 Å². The van der Waals surface area contributed by atoms with Crippen molar-refractivity contribution in [2.24, 2.45) is 0 Å². The van der Waals surface area contributed by atoms with E-state index in [-0.39, 0.29) is 5.11 Å². The Morgan fingerprint density at radius 3 is 2.50 bits per heavy atom. The molecule has 0 saturated carbocycles. The van der Waals surface area contributed by atoms with Gasteiger partial charge in [0.1, 0.15) is 12.4 Å². The van der Waals surface area contributed by atoms with Crippen LogP contribution in [0.3, 0.4) is 0 Å². The second-order valence-corrected chi connectivity index (χ2v) is 7.40. The summed E-state index contributed by atoms with van der Waals surface area (Å²) in [6, 6.07) is 20.3. The topological polar surface area (TPSA) is 79.5 Å². The second-order valence-electron chi connectivity index (χ2n) is 6.02. The average Bonchev–Trinajstić information content (AvgIpc) is 3.29. The molecule has 6 nitrogen and oxygen atoms in total. The van der Waals surface area contributed by atoms with E-state index in [4.69, 9.17) is 17.0 Å². The van der Waals surface area contributed by atoms with Gasteiger partial charge in [0.25, 0.3) is 5.91 Å². The molecule has 0 aliphatic carbocycles. The number of hydrogen-bond acceptors (Lipinski definition) is 5. The highest BCUT2D eigenvalue weighted by molar-refractivity contribution is 7.80. The van der Waals surface area contributed by atoms with E-state index in [1.807, 2.05) is 47.8 Å². The van der Waals surface area contributed by atoms with Crippen molar-refractivity contribution < 1.29 is 14.3 Å². The molecule has 0 aliphatic rings. The van der Waals surface area contributed by atoms with Crippen molar-refractivity contribution in [1.82, 2.24) is 16.2 Å². The number of thiocarbonyl (C=S) groups is 1. The lowest BCUT2D eigenvalue weighted by molar-refractivity contribution is -0.115. The summed E-state index contributed by atoms with van der Waals surface area (Å²) in [5.41, 5.74) is 6.32. The Morgan fingerprint density at radius 1 is 0.967 bits per heavy atom. The van der Waals surface area contributed by atoms with Gasteiger partial charge in [0.2, 0.25) is 5.91 Å². The molecule has 0 atom stereocenters. The van der Waals surface area contributed by atoms with E-state index < -0.39 is 11.8 Å². The monoisotopic (exact) mass is 437 g/mol. The van der Waals surface area contributed by atoms with Crippen molar-refractivity contribution in [2.75, 3.05) is 0 Å². The van der Waals surface area contributed by atoms with Gasteiger partial charge in [0, 0.05) is 11.0 Å². The maximum Gasteiger partial charge on any atom is 0.273 e. The number of hydrogen-bond donors (Lipinski definition) is 3. The number of rotatable bonds is 6. The Bertz CT molecular complexity index is 1030. The molecule has 0 saturated heterocycles. The molecule has 2 aromatic carbocycles. The zero-order valence-corrected chi connectivity index (χ0v) is 17.5. The molecule has 0 aliphatic heterocycles. The largest absolute Gasteiger partial charge is 0.488 e. The number of amides is 2. The van der Waals surface area contributed by atoms with E-state index in [1.165, 1.54) is 17.4 Å². The molecule has 0 bridgehead atoms. The molecule has 8 heteroatoms. The summed E-state index contributed by atoms with van der Waals surface area (Å²) >= 11 is 6.56. The molecular formula is C22H19N3O3S2. The lowest BCUT2D eigenvalue weighted by Gasteiger charge is -2.13. The van der Waals surface area contributed by atoms with E-state index in [0.29, 0.717) is 17.9 Å². The minimum absolute atomic E-state index is 0.0214. The smallest absolute Gasteiger partial charge is 0.273 e. The summed E-state index contributed by atoms with van der Waals surface area (Å²) in [6.07, 6.45) is 3.05. The summed E-state index contributed by atoms with van der Waals surface area (Å²) in [6.45, 7) is 0.337. The fourth-order valence-corrected chi connectivity index (χ4v) is 3.19. The number of nitrogens with one attached hydrogen (secondary N) is 3. The van der Waals surface area contributed by atoms with Gasteiger partial charge >= 0.3 is 0 Å². The number of hydrazine groups is 1. The molecule has 2 amide bonds. The van der Waals surface area contributed by atoms with E-state index >= 15 is 0 Å². The SMILES string of the molecule is O=C(C=Cc1cccs1)NC(=S)NNC(=O)c1ccccc1OCc1ccccc1. The molecule has 152 valence electrons. The van der Waals surface area contributed by atoms with Crippen LogP contribution in [-0.2, 0) is 11.4 Å². The zero-order chi connectivity index (χ0) is 21.2. The molecule has 3 rings (SSSR count). The Hall–Kier alpha value is -3.49. The van der Waals surface area contributed by atoms with E-state index in [2.05, 4.69) is 16.2 Å². The number of ether oxygens (including phenoxy) is 1. The number of benzene rings is 2. The van der Waals surface area contributed by atoms with Crippen molar-refractivity contribution >= 4 is 46.6 Å². The molecule has 0 fully saturated rings. The summed E-state index contributed by atoms with van der Waals surface area (Å²) in [5.74, 6) is -0.402. The third-order valence-electron chi connectivity index (χ3n) is 3.84. The summed E-state index contributed by atoms with van der Waals surface area (Å²) in [5, 5.41) is 4.36. The first-order chi connectivity index (χ1) is 14.6. The summed E-state index contributed by atoms with van der Waals surface area (Å²) < 4.78 is 5.78. The van der Waals surface area contributed by atoms with Crippen LogP contribution in [0.4, 0.5) is 0 Å². The molecule has 3 N–H and O–H groups in total. The minimum Gasteiger partial charge on any atom is -0.488 e. The van der Waals surface area contributed by atoms with Crippen LogP contribution in [0.1, 0.15) is 20.8 Å². The van der Waals surface area contributed by atoms with Crippen LogP contribution in [-0.4, -0.2) is 16.9 Å². The quantitative estimate of drug-likeness (QED) is 0.312. The van der Waals surface area contributed by atoms with Gasteiger partial charge in [-0.2, -0.15) is 0 Å². The maximum absolute atomic E-state index is 12.5. The second kappa shape index (κ2) is 10.9. The van der Waals surface area contributed by atoms with Gasteiger partial charge in [-0.1, -0.05) is 48.5 Å². The molecule has 0 spiro atoms. The van der Waals surface area contributed by atoms with Crippen LogP contribution >= 0.6 is 23.6 Å². The average molecular weight is 438 g/mol. The Kier molecular flexibility index (Phi) is 7.71. The molecule has 0 radical (unpaired) electrons. The molecular weight excluding hydrogens is 418 g/mol. The first-order valence-corrected chi connectivity index (χ1v) is 10.3. The number of carbonyl (C=O) groups is 2. The van der Waals surface area contributed by atoms with E-state index in [1.54, 1.807) is 30.3 Å². The Morgan fingerprint density at radius 2 is 1.73 bits per heavy atom. The van der Waals surface area contributed by atoms with Crippen molar-refractivity contribution in [3.05, 3.63) is 94.2 Å². The molecule has 1 heterocycles. The lowest BCUT2D eigenvalue weighted by Crippen LogP contribution is -2.48. The molecule has 3 aromatic rings. The highest BCUT2D eigenvalue weighted by Gasteiger charge is 2.12. The van der Waals surface area contributed by atoms with Crippen molar-refractivity contribution in [2.45, 2.75) is 6.61 Å². The first kappa shape index (κ1) is 21.2. The van der Waals surface area contributed by atoms with Gasteiger partial charge in [0.05, 0.1) is 5.56 Å². The highest BCUT2D eigenvalue weighted by atomic mass is 32.1. The Balaban J connectivity index is 1.50. The fourth-order valence-electron chi connectivity index (χ4n) is 2.43. The molecule has 30 heavy (non-hydrogen) atoms. The fraction of sp³-hybridized carbons (Fsp3) is 0.0455. The number of carbonyl (C=O) groups excluding carboxylic acids is 2. The van der Waals surface area contributed by atoms with Crippen LogP contribution in [0.5, 0.6) is 5.75 Å². The van der Waals surface area contributed by atoms with Crippen molar-refractivity contribution in [3.8, 4) is 5.75 Å². The van der Waals surface area contributed by atoms with Gasteiger partial charge in [-0.15, -0.1) is 11.3 Å². The number of thiophene rings is 1. The number of para-hydroxylation sites is 1. The summed E-state index contributed by atoms with van der Waals surface area (Å²) in [7, 11) is 0. The van der Waals surface area contributed by atoms with Gasteiger partial charge in [-0.25, -0.2) is 0 Å². The Labute approximate surface area is 183 Å². The highest BCUT2D eigenvalue weighted by Crippen LogP contribution is 2.19. The van der Waals surface area contributed by atoms with Crippen LogP contribution in [0, 0.1) is 0 Å². The standard InChI is InChI=1S/C22H19N3O3S2/c26-20(13-12-17-9-6-14-30-17)23-22(29)25-24-21(27)18-10-4-5-11-19(18)28-15-16-7-2-1-3-8-16/h1-14H,15H2,(H,24,27)(H2,23,25,26,29). The van der Waals surface area contributed by atoms with Crippen LogP contribution < -0.4 is 20.9 Å². The van der Waals surface area contributed by atoms with Crippen LogP contribution in [0.2, 0.25) is 0 Å². The van der Waals surface area contributed by atoms with E-state index in [0.717, 1.165) is 10.4 Å². The van der Waals surface area contributed by atoms with Gasteiger partial charge in [0.15, 0.2) is 5.11 Å². The normalized spacial score (nSPS) is 10.4. The van der Waals surface area contributed by atoms with Gasteiger partial charge in [-0.05, 0) is 47.4 Å². The van der Waals surface area contributed by atoms with Gasteiger partial charge in [-0.3, -0.25) is 25.8 Å². The van der Waals surface area contributed by atoms with Crippen LogP contribution in [0.15, 0.2) is 78.2 Å². The molecule has 1 aromatic heterocycles. The first-order valence-electron chi connectivity index (χ1n) is 9.00. The zero-order valence-electron chi connectivity index (χ0n) is 15.8. The summed E-state index contributed by atoms with van der Waals surface area (Å²) in [4.78, 5) is 25.3. The van der Waals surface area contributed by atoms with Crippen molar-refractivity contribution in [3.63, 3.8) is 0 Å². The van der Waals surface area contributed by atoms with Crippen molar-refractivity contribution in [1.29, 1.82) is 0 Å².